The Hall–Kier alpha value is -2.86. The summed E-state index contributed by atoms with van der Waals surface area (Å²) in [5.74, 6) is -0.935. The second-order valence-corrected chi connectivity index (χ2v) is 5.84. The normalized spacial score (nSPS) is 10.8. The molecule has 1 aromatic carbocycles. The second kappa shape index (κ2) is 6.57. The Labute approximate surface area is 148 Å². The van der Waals surface area contributed by atoms with E-state index < -0.39 is 5.97 Å². The molecule has 0 atom stereocenters. The Morgan fingerprint density at radius 3 is 2.64 bits per heavy atom. The van der Waals surface area contributed by atoms with Crippen molar-refractivity contribution in [3.05, 3.63) is 58.5 Å². The molecule has 2 heterocycles. The summed E-state index contributed by atoms with van der Waals surface area (Å²) >= 11 is 6.41. The van der Waals surface area contributed by atoms with Gasteiger partial charge in [-0.2, -0.15) is 0 Å². The number of halogens is 1. The Kier molecular flexibility index (Phi) is 4.46. The van der Waals surface area contributed by atoms with E-state index in [1.54, 1.807) is 37.3 Å². The van der Waals surface area contributed by atoms with Gasteiger partial charge in [0.15, 0.2) is 0 Å². The minimum absolute atomic E-state index is 0.252. The van der Waals surface area contributed by atoms with E-state index in [0.29, 0.717) is 27.9 Å². The number of pyridine rings is 1. The van der Waals surface area contributed by atoms with Crippen LogP contribution in [-0.2, 0) is 11.2 Å². The summed E-state index contributed by atoms with van der Waals surface area (Å²) in [6.07, 6.45) is 1.28. The van der Waals surface area contributed by atoms with Crippen molar-refractivity contribution in [3.8, 4) is 5.75 Å². The van der Waals surface area contributed by atoms with Crippen LogP contribution in [0.25, 0.3) is 10.9 Å². The van der Waals surface area contributed by atoms with Gasteiger partial charge in [-0.15, -0.1) is 0 Å². The molecule has 0 aliphatic rings. The lowest BCUT2D eigenvalue weighted by Gasteiger charge is -2.07. The van der Waals surface area contributed by atoms with Crippen LogP contribution < -0.4 is 4.74 Å². The van der Waals surface area contributed by atoms with E-state index in [-0.39, 0.29) is 23.0 Å². The summed E-state index contributed by atoms with van der Waals surface area (Å²) in [5, 5.41) is 10.0. The van der Waals surface area contributed by atoms with Crippen LogP contribution in [-0.4, -0.2) is 33.6 Å². The topological polar surface area (TPSA) is 81.4 Å². The van der Waals surface area contributed by atoms with E-state index >= 15 is 0 Å². The van der Waals surface area contributed by atoms with Gasteiger partial charge in [-0.05, 0) is 36.8 Å². The maximum Gasteiger partial charge on any atom is 0.307 e. The number of methoxy groups -OCH3 is 1. The number of carboxylic acids is 1. The standard InChI is InChI=1S/C18H15ClN2O4/c1-10-11(9-15(22)23)16-13(6-7-14(25-2)17(16)19)21(10)18(24)12-5-3-4-8-20-12/h3-8H,9H2,1-2H3,(H,22,23). The average molecular weight is 359 g/mol. The van der Waals surface area contributed by atoms with Crippen molar-refractivity contribution in [1.29, 1.82) is 0 Å². The zero-order chi connectivity index (χ0) is 18.1. The monoisotopic (exact) mass is 358 g/mol. The largest absolute Gasteiger partial charge is 0.495 e. The van der Waals surface area contributed by atoms with Crippen molar-refractivity contribution in [2.45, 2.75) is 13.3 Å². The number of rotatable bonds is 4. The maximum absolute atomic E-state index is 12.9. The summed E-state index contributed by atoms with van der Waals surface area (Å²) in [6.45, 7) is 1.70. The Balaban J connectivity index is 2.33. The van der Waals surface area contributed by atoms with Gasteiger partial charge < -0.3 is 9.84 Å². The van der Waals surface area contributed by atoms with Crippen LogP contribution in [0.4, 0.5) is 0 Å². The molecule has 0 aliphatic heterocycles. The number of carboxylic acid groups (broad SMARTS) is 1. The molecule has 0 radical (unpaired) electrons. The number of ether oxygens (including phenoxy) is 1. The van der Waals surface area contributed by atoms with E-state index in [0.717, 1.165) is 0 Å². The predicted molar refractivity (Wildman–Crippen MR) is 93.5 cm³/mol. The maximum atomic E-state index is 12.9. The number of aliphatic carboxylic acids is 1. The third-order valence-electron chi connectivity index (χ3n) is 4.03. The van der Waals surface area contributed by atoms with Crippen molar-refractivity contribution in [2.24, 2.45) is 0 Å². The molecule has 3 aromatic rings. The predicted octanol–water partition coefficient (Wildman–Crippen LogP) is 3.32. The molecule has 0 spiro atoms. The molecule has 25 heavy (non-hydrogen) atoms. The van der Waals surface area contributed by atoms with Crippen molar-refractivity contribution >= 4 is 34.4 Å². The smallest absolute Gasteiger partial charge is 0.307 e. The molecular weight excluding hydrogens is 344 g/mol. The number of aromatic nitrogens is 2. The second-order valence-electron chi connectivity index (χ2n) is 5.47. The van der Waals surface area contributed by atoms with Crippen LogP contribution in [0.1, 0.15) is 21.7 Å². The highest BCUT2D eigenvalue weighted by atomic mass is 35.5. The van der Waals surface area contributed by atoms with Gasteiger partial charge in [-0.1, -0.05) is 17.7 Å². The molecule has 0 fully saturated rings. The molecule has 1 N–H and O–H groups in total. The highest BCUT2D eigenvalue weighted by molar-refractivity contribution is 6.37. The van der Waals surface area contributed by atoms with Gasteiger partial charge in [0.1, 0.15) is 11.4 Å². The number of nitrogens with zero attached hydrogens (tertiary/aromatic N) is 2. The first kappa shape index (κ1) is 17.0. The van der Waals surface area contributed by atoms with Gasteiger partial charge in [-0.25, -0.2) is 0 Å². The molecular formula is C18H15ClN2O4. The fourth-order valence-corrected chi connectivity index (χ4v) is 3.26. The summed E-state index contributed by atoms with van der Waals surface area (Å²) in [5.41, 5.74) is 1.78. The molecule has 2 aromatic heterocycles. The highest BCUT2D eigenvalue weighted by Gasteiger charge is 2.24. The Bertz CT molecular complexity index is 980. The van der Waals surface area contributed by atoms with Gasteiger partial charge in [0, 0.05) is 17.3 Å². The fourth-order valence-electron chi connectivity index (χ4n) is 2.91. The van der Waals surface area contributed by atoms with Crippen LogP contribution >= 0.6 is 11.6 Å². The van der Waals surface area contributed by atoms with E-state index in [2.05, 4.69) is 4.98 Å². The zero-order valence-corrected chi connectivity index (χ0v) is 14.4. The first-order valence-electron chi connectivity index (χ1n) is 7.49. The number of fused-ring (bicyclic) bond motifs is 1. The third-order valence-corrected chi connectivity index (χ3v) is 4.41. The first-order valence-corrected chi connectivity index (χ1v) is 7.87. The van der Waals surface area contributed by atoms with Gasteiger partial charge in [-0.3, -0.25) is 19.1 Å². The average Bonchev–Trinajstić information content (AvgIpc) is 2.87. The SMILES string of the molecule is COc1ccc2c(c1Cl)c(CC(=O)O)c(C)n2C(=O)c1ccccn1. The van der Waals surface area contributed by atoms with Crippen molar-refractivity contribution in [2.75, 3.05) is 7.11 Å². The van der Waals surface area contributed by atoms with Crippen molar-refractivity contribution in [1.82, 2.24) is 9.55 Å². The fraction of sp³-hybridized carbons (Fsp3) is 0.167. The van der Waals surface area contributed by atoms with Crippen molar-refractivity contribution < 1.29 is 19.4 Å². The molecule has 6 nitrogen and oxygen atoms in total. The van der Waals surface area contributed by atoms with E-state index in [1.165, 1.54) is 17.9 Å². The quantitative estimate of drug-likeness (QED) is 0.773. The third kappa shape index (κ3) is 2.85. The first-order chi connectivity index (χ1) is 12.0. The van der Waals surface area contributed by atoms with Crippen LogP contribution in [0, 0.1) is 6.92 Å². The summed E-state index contributed by atoms with van der Waals surface area (Å²) in [6, 6.07) is 8.39. The molecule has 0 bridgehead atoms. The van der Waals surface area contributed by atoms with Gasteiger partial charge >= 0.3 is 5.97 Å². The van der Waals surface area contributed by atoms with Gasteiger partial charge in [0.25, 0.3) is 5.91 Å². The zero-order valence-electron chi connectivity index (χ0n) is 13.6. The lowest BCUT2D eigenvalue weighted by molar-refractivity contribution is -0.136. The lowest BCUT2D eigenvalue weighted by atomic mass is 10.1. The van der Waals surface area contributed by atoms with Crippen LogP contribution in [0.2, 0.25) is 5.02 Å². The van der Waals surface area contributed by atoms with Crippen LogP contribution in [0.15, 0.2) is 36.5 Å². The number of benzene rings is 1. The Morgan fingerprint density at radius 1 is 1.28 bits per heavy atom. The Morgan fingerprint density at radius 2 is 2.04 bits per heavy atom. The van der Waals surface area contributed by atoms with E-state index in [1.807, 2.05) is 0 Å². The summed E-state index contributed by atoms with van der Waals surface area (Å²) < 4.78 is 6.67. The van der Waals surface area contributed by atoms with Gasteiger partial charge in [0.2, 0.25) is 0 Å². The number of carbonyl (C=O) groups is 2. The highest BCUT2D eigenvalue weighted by Crippen LogP contribution is 2.38. The molecule has 0 unspecified atom stereocenters. The molecule has 128 valence electrons. The molecule has 0 aliphatic carbocycles. The molecule has 0 saturated carbocycles. The minimum Gasteiger partial charge on any atom is -0.495 e. The molecule has 0 amide bonds. The number of hydrogen-bond donors (Lipinski definition) is 1. The summed E-state index contributed by atoms with van der Waals surface area (Å²) in [7, 11) is 1.48. The molecule has 3 rings (SSSR count). The number of hydrogen-bond acceptors (Lipinski definition) is 4. The van der Waals surface area contributed by atoms with Crippen LogP contribution in [0.3, 0.4) is 0 Å². The van der Waals surface area contributed by atoms with Crippen molar-refractivity contribution in [3.63, 3.8) is 0 Å². The van der Waals surface area contributed by atoms with Gasteiger partial charge in [0.05, 0.1) is 24.1 Å². The molecule has 7 heteroatoms. The minimum atomic E-state index is -1.01. The van der Waals surface area contributed by atoms with E-state index in [9.17, 15) is 14.7 Å². The molecule has 0 saturated heterocycles. The van der Waals surface area contributed by atoms with E-state index in [4.69, 9.17) is 16.3 Å². The lowest BCUT2D eigenvalue weighted by Crippen LogP contribution is -2.15. The number of carbonyl (C=O) groups excluding carboxylic acids is 1. The van der Waals surface area contributed by atoms with Crippen LogP contribution in [0.5, 0.6) is 5.75 Å². The summed E-state index contributed by atoms with van der Waals surface area (Å²) in [4.78, 5) is 28.3.